The van der Waals surface area contributed by atoms with Gasteiger partial charge in [-0.3, -0.25) is 4.79 Å². The molecule has 1 N–H and O–H groups in total. The molecule has 7 heteroatoms. The molecule has 0 aromatic heterocycles. The van der Waals surface area contributed by atoms with Gasteiger partial charge in [0.25, 0.3) is 5.91 Å². The number of hydrogen-bond donors (Lipinski definition) is 1. The fraction of sp³-hybridized carbons (Fsp3) is 0.136. The first-order valence-corrected chi connectivity index (χ1v) is 11.4. The third-order valence-corrected chi connectivity index (χ3v) is 7.30. The normalized spacial score (nSPS) is 14.2. The van der Waals surface area contributed by atoms with Crippen LogP contribution in [0.25, 0.3) is 0 Å². The van der Waals surface area contributed by atoms with E-state index in [1.165, 1.54) is 22.0 Å². The second kappa shape index (κ2) is 8.10. The van der Waals surface area contributed by atoms with E-state index >= 15 is 0 Å². The molecule has 1 heterocycles. The Morgan fingerprint density at radius 2 is 1.66 bits per heavy atom. The van der Waals surface area contributed by atoms with Gasteiger partial charge < -0.3 is 5.32 Å². The Hall–Kier alpha value is -2.48. The largest absolute Gasteiger partial charge is 0.322 e. The molecule has 3 aromatic rings. The van der Waals surface area contributed by atoms with Crippen LogP contribution in [0.4, 0.5) is 5.69 Å². The van der Waals surface area contributed by atoms with Gasteiger partial charge in [-0.1, -0.05) is 46.3 Å². The van der Waals surface area contributed by atoms with Gasteiger partial charge in [-0.2, -0.15) is 4.31 Å². The molecule has 1 amide bonds. The fourth-order valence-corrected chi connectivity index (χ4v) is 5.09. The first kappa shape index (κ1) is 19.8. The lowest BCUT2D eigenvalue weighted by Crippen LogP contribution is -2.36. The van der Waals surface area contributed by atoms with Crippen LogP contribution in [-0.2, 0) is 23.0 Å². The summed E-state index contributed by atoms with van der Waals surface area (Å²) in [7, 11) is -3.69. The number of amides is 1. The van der Waals surface area contributed by atoms with Crippen LogP contribution in [0.5, 0.6) is 0 Å². The topological polar surface area (TPSA) is 66.5 Å². The van der Waals surface area contributed by atoms with Gasteiger partial charge in [0.2, 0.25) is 10.0 Å². The van der Waals surface area contributed by atoms with Crippen LogP contribution >= 0.6 is 15.9 Å². The summed E-state index contributed by atoms with van der Waals surface area (Å²) in [5, 5.41) is 2.79. The number of fused-ring (bicyclic) bond motifs is 1. The SMILES string of the molecule is O=C(Nc1ccc(Br)cc1)c1cccc(S(=O)(=O)N2CCc3ccccc3C2)c1. The van der Waals surface area contributed by atoms with Gasteiger partial charge in [-0.05, 0) is 60.0 Å². The van der Waals surface area contributed by atoms with Crippen LogP contribution in [-0.4, -0.2) is 25.2 Å². The van der Waals surface area contributed by atoms with Crippen molar-refractivity contribution in [2.75, 3.05) is 11.9 Å². The highest BCUT2D eigenvalue weighted by Crippen LogP contribution is 2.25. The number of nitrogens with zero attached hydrogens (tertiary/aromatic N) is 1. The number of carbonyl (C=O) groups excluding carboxylic acids is 1. The Balaban J connectivity index is 1.56. The van der Waals surface area contributed by atoms with E-state index in [0.717, 1.165) is 10.0 Å². The van der Waals surface area contributed by atoms with Crippen LogP contribution in [0.3, 0.4) is 0 Å². The molecule has 148 valence electrons. The molecular formula is C22H19BrN2O3S. The maximum atomic E-state index is 13.2. The summed E-state index contributed by atoms with van der Waals surface area (Å²) >= 11 is 3.35. The molecule has 1 aliphatic rings. The molecule has 0 saturated heterocycles. The third kappa shape index (κ3) is 4.27. The second-order valence-electron chi connectivity index (χ2n) is 6.85. The van der Waals surface area contributed by atoms with Gasteiger partial charge in [0.15, 0.2) is 0 Å². The highest BCUT2D eigenvalue weighted by Gasteiger charge is 2.28. The van der Waals surface area contributed by atoms with E-state index in [1.807, 2.05) is 36.4 Å². The minimum Gasteiger partial charge on any atom is -0.322 e. The van der Waals surface area contributed by atoms with Crippen molar-refractivity contribution in [2.24, 2.45) is 0 Å². The Morgan fingerprint density at radius 1 is 0.931 bits per heavy atom. The molecule has 3 aromatic carbocycles. The lowest BCUT2D eigenvalue weighted by atomic mass is 10.0. The molecule has 0 spiro atoms. The van der Waals surface area contributed by atoms with Crippen molar-refractivity contribution in [3.63, 3.8) is 0 Å². The molecular weight excluding hydrogens is 452 g/mol. The number of hydrogen-bond acceptors (Lipinski definition) is 3. The van der Waals surface area contributed by atoms with Crippen molar-refractivity contribution in [2.45, 2.75) is 17.9 Å². The second-order valence-corrected chi connectivity index (χ2v) is 9.70. The third-order valence-electron chi connectivity index (χ3n) is 4.93. The Bertz CT molecular complexity index is 1160. The van der Waals surface area contributed by atoms with Gasteiger partial charge in [-0.15, -0.1) is 0 Å². The van der Waals surface area contributed by atoms with Crippen molar-refractivity contribution in [3.8, 4) is 0 Å². The summed E-state index contributed by atoms with van der Waals surface area (Å²) in [6.45, 7) is 0.766. The lowest BCUT2D eigenvalue weighted by Gasteiger charge is -2.28. The van der Waals surface area contributed by atoms with Gasteiger partial charge >= 0.3 is 0 Å². The van der Waals surface area contributed by atoms with Crippen LogP contribution in [0.2, 0.25) is 0 Å². The molecule has 4 rings (SSSR count). The zero-order chi connectivity index (χ0) is 20.4. The fourth-order valence-electron chi connectivity index (χ4n) is 3.36. The monoisotopic (exact) mass is 470 g/mol. The predicted molar refractivity (Wildman–Crippen MR) is 116 cm³/mol. The standard InChI is InChI=1S/C22H19BrN2O3S/c23-19-8-10-20(11-9-19)24-22(26)17-6-3-7-21(14-17)29(27,28)25-13-12-16-4-1-2-5-18(16)15-25/h1-11,14H,12-13,15H2,(H,24,26). The Morgan fingerprint density at radius 3 is 2.41 bits per heavy atom. The average Bonchev–Trinajstić information content (AvgIpc) is 2.75. The smallest absolute Gasteiger partial charge is 0.255 e. The van der Waals surface area contributed by atoms with Crippen molar-refractivity contribution < 1.29 is 13.2 Å². The average molecular weight is 471 g/mol. The number of anilines is 1. The Kier molecular flexibility index (Phi) is 5.54. The summed E-state index contributed by atoms with van der Waals surface area (Å²) in [6.07, 6.45) is 0.680. The summed E-state index contributed by atoms with van der Waals surface area (Å²) in [5.41, 5.74) is 3.14. The first-order chi connectivity index (χ1) is 13.9. The van der Waals surface area contributed by atoms with E-state index in [2.05, 4.69) is 21.2 Å². The van der Waals surface area contributed by atoms with E-state index < -0.39 is 10.0 Å². The van der Waals surface area contributed by atoms with Gasteiger partial charge in [0, 0.05) is 28.8 Å². The molecule has 1 aliphatic heterocycles. The van der Waals surface area contributed by atoms with Crippen LogP contribution in [0, 0.1) is 0 Å². The number of halogens is 1. The molecule has 0 saturated carbocycles. The summed E-state index contributed by atoms with van der Waals surface area (Å²) < 4.78 is 28.7. The number of rotatable bonds is 4. The van der Waals surface area contributed by atoms with Crippen LogP contribution in [0.1, 0.15) is 21.5 Å². The van der Waals surface area contributed by atoms with Gasteiger partial charge in [-0.25, -0.2) is 8.42 Å². The highest BCUT2D eigenvalue weighted by molar-refractivity contribution is 9.10. The quantitative estimate of drug-likeness (QED) is 0.612. The van der Waals surface area contributed by atoms with Crippen molar-refractivity contribution in [1.82, 2.24) is 4.31 Å². The zero-order valence-electron chi connectivity index (χ0n) is 15.5. The van der Waals surface area contributed by atoms with Crippen molar-refractivity contribution >= 4 is 37.5 Å². The van der Waals surface area contributed by atoms with Gasteiger partial charge in [0.05, 0.1) is 4.90 Å². The van der Waals surface area contributed by atoms with E-state index in [0.29, 0.717) is 30.8 Å². The number of benzene rings is 3. The van der Waals surface area contributed by atoms with Gasteiger partial charge in [0.1, 0.15) is 0 Å². The highest BCUT2D eigenvalue weighted by atomic mass is 79.9. The van der Waals surface area contributed by atoms with E-state index in [-0.39, 0.29) is 10.8 Å². The minimum atomic E-state index is -3.69. The molecule has 0 aliphatic carbocycles. The van der Waals surface area contributed by atoms with E-state index in [1.54, 1.807) is 24.3 Å². The van der Waals surface area contributed by atoms with E-state index in [9.17, 15) is 13.2 Å². The molecule has 0 unspecified atom stereocenters. The lowest BCUT2D eigenvalue weighted by molar-refractivity contribution is 0.102. The maximum absolute atomic E-state index is 13.2. The molecule has 0 bridgehead atoms. The predicted octanol–water partition coefficient (Wildman–Crippen LogP) is 4.45. The van der Waals surface area contributed by atoms with E-state index in [4.69, 9.17) is 0 Å². The van der Waals surface area contributed by atoms with Crippen LogP contribution < -0.4 is 5.32 Å². The first-order valence-electron chi connectivity index (χ1n) is 9.17. The maximum Gasteiger partial charge on any atom is 0.255 e. The summed E-state index contributed by atoms with van der Waals surface area (Å²) in [4.78, 5) is 12.7. The number of nitrogens with one attached hydrogen (secondary N) is 1. The minimum absolute atomic E-state index is 0.125. The molecule has 0 fully saturated rings. The van der Waals surface area contributed by atoms with Crippen molar-refractivity contribution in [3.05, 3.63) is 94.0 Å². The number of carbonyl (C=O) groups is 1. The number of sulfonamides is 1. The zero-order valence-corrected chi connectivity index (χ0v) is 17.9. The Labute approximate surface area is 178 Å². The summed E-state index contributed by atoms with van der Waals surface area (Å²) in [6, 6.07) is 21.2. The molecule has 29 heavy (non-hydrogen) atoms. The van der Waals surface area contributed by atoms with Crippen molar-refractivity contribution in [1.29, 1.82) is 0 Å². The molecule has 5 nitrogen and oxygen atoms in total. The molecule has 0 radical (unpaired) electrons. The summed E-state index contributed by atoms with van der Waals surface area (Å²) in [5.74, 6) is -0.353. The molecule has 0 atom stereocenters. The van der Waals surface area contributed by atoms with Crippen LogP contribution in [0.15, 0.2) is 82.2 Å².